The Labute approximate surface area is 124 Å². The molecule has 0 N–H and O–H groups in total. The molecule has 2 nitrogen and oxygen atoms in total. The maximum atomic E-state index is 12.1. The molecule has 0 atom stereocenters. The summed E-state index contributed by atoms with van der Waals surface area (Å²) >= 11 is 3.06. The van der Waals surface area contributed by atoms with E-state index in [2.05, 4.69) is 20.7 Å². The molecule has 2 rings (SSSR count). The normalized spacial score (nSPS) is 17.0. The van der Waals surface area contributed by atoms with E-state index in [0.717, 1.165) is 12.8 Å². The third-order valence-corrected chi connectivity index (χ3v) is 3.96. The summed E-state index contributed by atoms with van der Waals surface area (Å²) in [6.45, 7) is 0.617. The highest BCUT2D eigenvalue weighted by Crippen LogP contribution is 2.33. The molecule has 0 heterocycles. The van der Waals surface area contributed by atoms with Crippen LogP contribution in [0.1, 0.15) is 32.1 Å². The van der Waals surface area contributed by atoms with Crippen molar-refractivity contribution < 1.29 is 22.6 Å². The fraction of sp³-hybridized carbons (Fsp3) is 0.571. The van der Waals surface area contributed by atoms with Crippen LogP contribution in [-0.4, -0.2) is 13.0 Å². The molecular weight excluding hydrogens is 337 g/mol. The quantitative estimate of drug-likeness (QED) is 0.731. The van der Waals surface area contributed by atoms with Gasteiger partial charge in [0.25, 0.3) is 0 Å². The van der Waals surface area contributed by atoms with Gasteiger partial charge >= 0.3 is 6.36 Å². The first-order chi connectivity index (χ1) is 9.44. The summed E-state index contributed by atoms with van der Waals surface area (Å²) in [4.78, 5) is 0. The van der Waals surface area contributed by atoms with E-state index in [1.165, 1.54) is 37.5 Å². The van der Waals surface area contributed by atoms with Crippen LogP contribution in [0, 0.1) is 5.92 Å². The fourth-order valence-electron chi connectivity index (χ4n) is 2.35. The monoisotopic (exact) mass is 352 g/mol. The Morgan fingerprint density at radius 2 is 1.85 bits per heavy atom. The molecular formula is C14H16BrF3O2. The van der Waals surface area contributed by atoms with Crippen LogP contribution in [0.25, 0.3) is 0 Å². The number of hydrogen-bond donors (Lipinski definition) is 0. The average Bonchev–Trinajstić information content (AvgIpc) is 2.39. The molecule has 0 aliphatic heterocycles. The van der Waals surface area contributed by atoms with E-state index in [9.17, 15) is 13.2 Å². The van der Waals surface area contributed by atoms with Crippen LogP contribution in [-0.2, 0) is 0 Å². The molecule has 1 aliphatic carbocycles. The number of rotatable bonds is 4. The van der Waals surface area contributed by atoms with Crippen molar-refractivity contribution in [3.8, 4) is 11.5 Å². The molecule has 1 aromatic rings. The van der Waals surface area contributed by atoms with Crippen LogP contribution in [0.5, 0.6) is 11.5 Å². The highest BCUT2D eigenvalue weighted by atomic mass is 79.9. The third-order valence-electron chi connectivity index (χ3n) is 3.34. The van der Waals surface area contributed by atoms with E-state index in [1.807, 2.05) is 0 Å². The van der Waals surface area contributed by atoms with Gasteiger partial charge in [0.2, 0.25) is 0 Å². The van der Waals surface area contributed by atoms with E-state index < -0.39 is 6.36 Å². The van der Waals surface area contributed by atoms with Gasteiger partial charge in [-0.05, 0) is 52.9 Å². The minimum absolute atomic E-state index is 0.232. The van der Waals surface area contributed by atoms with Gasteiger partial charge in [0, 0.05) is 0 Å². The molecule has 0 aromatic heterocycles. The van der Waals surface area contributed by atoms with E-state index in [1.54, 1.807) is 0 Å². The van der Waals surface area contributed by atoms with Crippen LogP contribution in [0.3, 0.4) is 0 Å². The molecule has 0 bridgehead atoms. The number of halogens is 4. The Bertz CT molecular complexity index is 443. The lowest BCUT2D eigenvalue weighted by atomic mass is 9.90. The molecule has 1 aromatic carbocycles. The summed E-state index contributed by atoms with van der Waals surface area (Å²) < 4.78 is 46.2. The molecule has 112 valence electrons. The molecule has 1 aliphatic rings. The first-order valence-electron chi connectivity index (χ1n) is 6.62. The lowest BCUT2D eigenvalue weighted by molar-refractivity contribution is -0.274. The van der Waals surface area contributed by atoms with Gasteiger partial charge in [0.05, 0.1) is 11.1 Å². The van der Waals surface area contributed by atoms with Crippen LogP contribution < -0.4 is 9.47 Å². The molecule has 0 unspecified atom stereocenters. The summed E-state index contributed by atoms with van der Waals surface area (Å²) in [5.41, 5.74) is 0. The Morgan fingerprint density at radius 3 is 2.45 bits per heavy atom. The zero-order chi connectivity index (χ0) is 14.6. The topological polar surface area (TPSA) is 18.5 Å². The van der Waals surface area contributed by atoms with Crippen molar-refractivity contribution in [2.24, 2.45) is 5.92 Å². The van der Waals surface area contributed by atoms with E-state index >= 15 is 0 Å². The van der Waals surface area contributed by atoms with Crippen molar-refractivity contribution in [2.45, 2.75) is 38.5 Å². The molecule has 20 heavy (non-hydrogen) atoms. The number of benzene rings is 1. The zero-order valence-corrected chi connectivity index (χ0v) is 12.5. The van der Waals surface area contributed by atoms with E-state index in [-0.39, 0.29) is 10.2 Å². The van der Waals surface area contributed by atoms with Crippen LogP contribution in [0.4, 0.5) is 13.2 Å². The standard InChI is InChI=1S/C14H16BrF3O2/c15-12-8-11(6-7-13(12)20-14(16,17)18)19-9-10-4-2-1-3-5-10/h6-8,10H,1-5,9H2. The van der Waals surface area contributed by atoms with Gasteiger partial charge in [-0.25, -0.2) is 0 Å². The molecule has 0 radical (unpaired) electrons. The Hall–Kier alpha value is -0.910. The number of ether oxygens (including phenoxy) is 2. The highest BCUT2D eigenvalue weighted by Gasteiger charge is 2.32. The van der Waals surface area contributed by atoms with Gasteiger partial charge in [0.1, 0.15) is 11.5 Å². The minimum Gasteiger partial charge on any atom is -0.493 e. The van der Waals surface area contributed by atoms with Crippen molar-refractivity contribution in [1.29, 1.82) is 0 Å². The van der Waals surface area contributed by atoms with Crippen molar-refractivity contribution >= 4 is 15.9 Å². The fourth-order valence-corrected chi connectivity index (χ4v) is 2.79. The SMILES string of the molecule is FC(F)(F)Oc1ccc(OCC2CCCCC2)cc1Br. The van der Waals surface area contributed by atoms with Gasteiger partial charge in [-0.3, -0.25) is 0 Å². The van der Waals surface area contributed by atoms with Crippen molar-refractivity contribution in [3.05, 3.63) is 22.7 Å². The molecule has 6 heteroatoms. The summed E-state index contributed by atoms with van der Waals surface area (Å²) in [6.07, 6.45) is 1.39. The molecule has 0 saturated heterocycles. The zero-order valence-electron chi connectivity index (χ0n) is 10.9. The molecule has 1 saturated carbocycles. The van der Waals surface area contributed by atoms with Crippen molar-refractivity contribution in [2.75, 3.05) is 6.61 Å². The summed E-state index contributed by atoms with van der Waals surface area (Å²) in [5.74, 6) is 0.841. The Balaban J connectivity index is 1.91. The molecule has 0 amide bonds. The predicted octanol–water partition coefficient (Wildman–Crippen LogP) is 5.31. The van der Waals surface area contributed by atoms with Gasteiger partial charge in [0.15, 0.2) is 0 Å². The summed E-state index contributed by atoms with van der Waals surface area (Å²) in [6, 6.07) is 4.26. The summed E-state index contributed by atoms with van der Waals surface area (Å²) in [5, 5.41) is 0. The van der Waals surface area contributed by atoms with E-state index in [4.69, 9.17) is 4.74 Å². The largest absolute Gasteiger partial charge is 0.573 e. The third kappa shape index (κ3) is 4.89. The highest BCUT2D eigenvalue weighted by molar-refractivity contribution is 9.10. The average molecular weight is 353 g/mol. The van der Waals surface area contributed by atoms with Crippen molar-refractivity contribution in [3.63, 3.8) is 0 Å². The first-order valence-corrected chi connectivity index (χ1v) is 7.41. The lowest BCUT2D eigenvalue weighted by Gasteiger charge is -2.21. The van der Waals surface area contributed by atoms with Crippen LogP contribution in [0.2, 0.25) is 0 Å². The second-order valence-corrected chi connectivity index (χ2v) is 5.81. The van der Waals surface area contributed by atoms with Crippen LogP contribution in [0.15, 0.2) is 22.7 Å². The molecule has 1 fully saturated rings. The number of alkyl halides is 3. The van der Waals surface area contributed by atoms with Crippen molar-refractivity contribution in [1.82, 2.24) is 0 Å². The second kappa shape index (κ2) is 6.70. The van der Waals surface area contributed by atoms with Crippen LogP contribution >= 0.6 is 15.9 Å². The Morgan fingerprint density at radius 1 is 1.15 bits per heavy atom. The predicted molar refractivity (Wildman–Crippen MR) is 72.9 cm³/mol. The number of hydrogen-bond acceptors (Lipinski definition) is 2. The minimum atomic E-state index is -4.69. The second-order valence-electron chi connectivity index (χ2n) is 4.96. The van der Waals surface area contributed by atoms with Gasteiger partial charge in [-0.15, -0.1) is 13.2 Å². The van der Waals surface area contributed by atoms with Gasteiger partial charge < -0.3 is 9.47 Å². The maximum Gasteiger partial charge on any atom is 0.573 e. The first kappa shape index (κ1) is 15.5. The smallest absolute Gasteiger partial charge is 0.493 e. The van der Waals surface area contributed by atoms with Gasteiger partial charge in [-0.1, -0.05) is 19.3 Å². The summed E-state index contributed by atoms with van der Waals surface area (Å²) in [7, 11) is 0. The van der Waals surface area contributed by atoms with E-state index in [0.29, 0.717) is 18.3 Å². The molecule has 0 spiro atoms. The Kier molecular flexibility index (Phi) is 5.18. The van der Waals surface area contributed by atoms with Gasteiger partial charge in [-0.2, -0.15) is 0 Å². The lowest BCUT2D eigenvalue weighted by Crippen LogP contribution is -2.17. The maximum absolute atomic E-state index is 12.1.